The Balaban J connectivity index is 1.43. The Kier molecular flexibility index (Phi) is 8.35. The van der Waals surface area contributed by atoms with Crippen LogP contribution in [0.2, 0.25) is 0 Å². The lowest BCUT2D eigenvalue weighted by atomic mass is 9.97. The summed E-state index contributed by atoms with van der Waals surface area (Å²) in [4.78, 5) is 31.7. The third-order valence-electron chi connectivity index (χ3n) is 6.06. The van der Waals surface area contributed by atoms with Crippen molar-refractivity contribution in [3.63, 3.8) is 0 Å². The van der Waals surface area contributed by atoms with Crippen LogP contribution in [0, 0.1) is 0 Å². The van der Waals surface area contributed by atoms with Crippen LogP contribution in [0.5, 0.6) is 0 Å². The van der Waals surface area contributed by atoms with Crippen LogP contribution in [-0.2, 0) is 11.0 Å². The number of hydrogen-bond donors (Lipinski definition) is 1. The normalized spacial score (nSPS) is 14.6. The highest BCUT2D eigenvalue weighted by Gasteiger charge is 2.31. The average Bonchev–Trinajstić information content (AvgIpc) is 3.38. The molecule has 4 rings (SSSR count). The van der Waals surface area contributed by atoms with Gasteiger partial charge in [0.15, 0.2) is 0 Å². The third-order valence-corrected chi connectivity index (χ3v) is 7.92. The van der Waals surface area contributed by atoms with Crippen molar-refractivity contribution in [2.24, 2.45) is 0 Å². The maximum absolute atomic E-state index is 13.2. The first-order valence-electron chi connectivity index (χ1n) is 11.6. The van der Waals surface area contributed by atoms with Gasteiger partial charge < -0.3 is 10.2 Å². The smallest absolute Gasteiger partial charge is 0.342 e. The fraction of sp³-hybridized carbons (Fsp3) is 0.346. The highest BCUT2D eigenvalue weighted by Crippen LogP contribution is 2.35. The summed E-state index contributed by atoms with van der Waals surface area (Å²) in [7, 11) is 0. The van der Waals surface area contributed by atoms with Crippen LogP contribution < -0.4 is 5.32 Å². The van der Waals surface area contributed by atoms with Gasteiger partial charge in [0.1, 0.15) is 5.69 Å². The van der Waals surface area contributed by atoms with Crippen molar-refractivity contribution >= 4 is 40.6 Å². The molecule has 1 saturated heterocycles. The number of nitrogens with one attached hydrogen (secondary N) is 1. The van der Waals surface area contributed by atoms with Crippen molar-refractivity contribution in [2.75, 3.05) is 29.9 Å². The maximum Gasteiger partial charge on any atom is 0.416 e. The number of carbonyl (C=O) groups is 2. The molecule has 1 N–H and O–H groups in total. The van der Waals surface area contributed by atoms with Gasteiger partial charge in [-0.1, -0.05) is 37.3 Å². The van der Waals surface area contributed by atoms with E-state index in [0.717, 1.165) is 35.7 Å². The van der Waals surface area contributed by atoms with Gasteiger partial charge in [-0.25, -0.2) is 4.98 Å². The van der Waals surface area contributed by atoms with Crippen molar-refractivity contribution in [1.29, 1.82) is 0 Å². The van der Waals surface area contributed by atoms with E-state index in [2.05, 4.69) is 10.3 Å². The highest BCUT2D eigenvalue weighted by molar-refractivity contribution is 7.99. The van der Waals surface area contributed by atoms with Gasteiger partial charge in [-0.15, -0.1) is 11.3 Å². The van der Waals surface area contributed by atoms with E-state index in [9.17, 15) is 22.8 Å². The Morgan fingerprint density at radius 3 is 2.61 bits per heavy atom. The van der Waals surface area contributed by atoms with Crippen LogP contribution in [0.15, 0.2) is 53.9 Å². The first-order valence-corrected chi connectivity index (χ1v) is 13.7. The van der Waals surface area contributed by atoms with Crippen LogP contribution in [0.3, 0.4) is 0 Å². The molecule has 190 valence electrons. The predicted molar refractivity (Wildman–Crippen MR) is 139 cm³/mol. The summed E-state index contributed by atoms with van der Waals surface area (Å²) in [6, 6.07) is 11.8. The number of alkyl halides is 3. The number of rotatable bonds is 7. The van der Waals surface area contributed by atoms with Crippen molar-refractivity contribution in [1.82, 2.24) is 9.88 Å². The number of hydrogen-bond acceptors (Lipinski definition) is 5. The van der Waals surface area contributed by atoms with Gasteiger partial charge >= 0.3 is 6.18 Å². The molecule has 0 radical (unpaired) electrons. The molecule has 1 aliphatic heterocycles. The number of amides is 2. The van der Waals surface area contributed by atoms with Gasteiger partial charge in [-0.05, 0) is 42.4 Å². The van der Waals surface area contributed by atoms with Gasteiger partial charge in [0.05, 0.1) is 16.3 Å². The molecule has 1 aliphatic rings. The number of anilines is 1. The van der Waals surface area contributed by atoms with E-state index in [0.29, 0.717) is 35.7 Å². The molecule has 10 heteroatoms. The molecule has 2 amide bonds. The topological polar surface area (TPSA) is 62.3 Å². The zero-order chi connectivity index (χ0) is 25.7. The monoisotopic (exact) mass is 533 g/mol. The molecular formula is C26H26F3N3O2S2. The molecule has 0 aliphatic carbocycles. The Hall–Kier alpha value is -2.85. The number of aromatic nitrogens is 1. The number of thiazole rings is 1. The Morgan fingerprint density at radius 2 is 1.89 bits per heavy atom. The molecule has 2 heterocycles. The van der Waals surface area contributed by atoms with E-state index in [1.165, 1.54) is 17.4 Å². The lowest BCUT2D eigenvalue weighted by molar-refractivity contribution is -0.137. The number of nitrogens with zero attached hydrogens (tertiary/aromatic N) is 2. The van der Waals surface area contributed by atoms with Crippen LogP contribution in [0.25, 0.3) is 11.1 Å². The molecule has 0 spiro atoms. The van der Waals surface area contributed by atoms with Crippen LogP contribution in [-0.4, -0.2) is 46.3 Å². The largest absolute Gasteiger partial charge is 0.416 e. The first kappa shape index (κ1) is 26.2. The van der Waals surface area contributed by atoms with Crippen LogP contribution in [0.1, 0.15) is 46.7 Å². The highest BCUT2D eigenvalue weighted by atomic mass is 32.2. The first-order chi connectivity index (χ1) is 17.3. The molecule has 2 aromatic carbocycles. The number of thioether (sulfide) groups is 1. The van der Waals surface area contributed by atoms with Gasteiger partial charge in [0.2, 0.25) is 5.91 Å². The minimum atomic E-state index is -4.46. The van der Waals surface area contributed by atoms with Crippen molar-refractivity contribution in [2.45, 2.75) is 31.9 Å². The van der Waals surface area contributed by atoms with Gasteiger partial charge in [-0.2, -0.15) is 24.9 Å². The number of benzene rings is 2. The maximum atomic E-state index is 13.2. The van der Waals surface area contributed by atoms with Gasteiger partial charge in [0, 0.05) is 35.6 Å². The average molecular weight is 534 g/mol. The SMILES string of the molecule is CCSCC(=O)N1CCC(c2nc(C(=O)Nc3ccccc3-c3cccc(C(F)(F)F)c3)cs2)CC1. The Labute approximate surface area is 216 Å². The van der Waals surface area contributed by atoms with E-state index in [1.807, 2.05) is 11.8 Å². The molecule has 5 nitrogen and oxygen atoms in total. The van der Waals surface area contributed by atoms with Crippen LogP contribution >= 0.6 is 23.1 Å². The summed E-state index contributed by atoms with van der Waals surface area (Å²) in [5.74, 6) is 1.36. The molecule has 36 heavy (non-hydrogen) atoms. The fourth-order valence-electron chi connectivity index (χ4n) is 4.13. The number of likely N-dealkylation sites (tertiary alicyclic amines) is 1. The van der Waals surface area contributed by atoms with Gasteiger partial charge in [-0.3, -0.25) is 9.59 Å². The molecule has 0 atom stereocenters. The summed E-state index contributed by atoms with van der Waals surface area (Å²) in [6.07, 6.45) is -2.85. The molecule has 1 fully saturated rings. The second-order valence-corrected chi connectivity index (χ2v) is 10.6. The number of para-hydroxylation sites is 1. The second kappa shape index (κ2) is 11.5. The molecule has 1 aromatic heterocycles. The third kappa shape index (κ3) is 6.28. The lowest BCUT2D eigenvalue weighted by Crippen LogP contribution is -2.39. The van der Waals surface area contributed by atoms with E-state index in [-0.39, 0.29) is 17.5 Å². The standard InChI is InChI=1S/C26H26F3N3O2S2/c1-2-35-16-23(33)32-12-10-17(11-13-32)25-31-22(15-36-25)24(34)30-21-9-4-3-8-20(21)18-6-5-7-19(14-18)26(27,28)29/h3-9,14-15,17H,2,10-13,16H2,1H3,(H,30,34). The van der Waals surface area contributed by atoms with Gasteiger partial charge in [0.25, 0.3) is 5.91 Å². The number of piperidine rings is 1. The van der Waals surface area contributed by atoms with E-state index in [1.54, 1.807) is 47.5 Å². The van der Waals surface area contributed by atoms with Crippen molar-refractivity contribution in [3.8, 4) is 11.1 Å². The van der Waals surface area contributed by atoms with Crippen molar-refractivity contribution in [3.05, 3.63) is 70.2 Å². The van der Waals surface area contributed by atoms with E-state index >= 15 is 0 Å². The number of carbonyl (C=O) groups excluding carboxylic acids is 2. The van der Waals surface area contributed by atoms with E-state index in [4.69, 9.17) is 0 Å². The lowest BCUT2D eigenvalue weighted by Gasteiger charge is -2.31. The molecule has 0 bridgehead atoms. The molecule has 0 unspecified atom stereocenters. The molecule has 3 aromatic rings. The number of halogens is 3. The summed E-state index contributed by atoms with van der Waals surface area (Å²) in [6.45, 7) is 3.39. The minimum absolute atomic E-state index is 0.166. The zero-order valence-corrected chi connectivity index (χ0v) is 21.3. The summed E-state index contributed by atoms with van der Waals surface area (Å²) in [5, 5.41) is 5.37. The molecular weight excluding hydrogens is 507 g/mol. The fourth-order valence-corrected chi connectivity index (χ4v) is 5.66. The quantitative estimate of drug-likeness (QED) is 0.375. The predicted octanol–water partition coefficient (Wildman–Crippen LogP) is 6.54. The Bertz CT molecular complexity index is 1220. The molecule has 0 saturated carbocycles. The summed E-state index contributed by atoms with van der Waals surface area (Å²) < 4.78 is 39.6. The summed E-state index contributed by atoms with van der Waals surface area (Å²) >= 11 is 3.04. The zero-order valence-electron chi connectivity index (χ0n) is 19.7. The van der Waals surface area contributed by atoms with Crippen LogP contribution in [0.4, 0.5) is 18.9 Å². The summed E-state index contributed by atoms with van der Waals surface area (Å²) in [5.41, 5.74) is 0.783. The second-order valence-electron chi connectivity index (χ2n) is 8.44. The Morgan fingerprint density at radius 1 is 1.14 bits per heavy atom. The van der Waals surface area contributed by atoms with Crippen molar-refractivity contribution < 1.29 is 22.8 Å². The minimum Gasteiger partial charge on any atom is -0.342 e. The van der Waals surface area contributed by atoms with E-state index < -0.39 is 17.6 Å².